The van der Waals surface area contributed by atoms with Gasteiger partial charge in [-0.3, -0.25) is 19.9 Å². The first-order chi connectivity index (χ1) is 16.4. The fourth-order valence-corrected chi connectivity index (χ4v) is 4.43. The molecule has 3 aromatic rings. The Morgan fingerprint density at radius 1 is 1.26 bits per heavy atom. The quantitative estimate of drug-likeness (QED) is 0.375. The number of carbonyl (C=O) groups is 3. The minimum atomic E-state index is -1.61. The average molecular weight is 491 g/mol. The third-order valence-corrected chi connectivity index (χ3v) is 6.22. The Hall–Kier alpha value is -4.43. The van der Waals surface area contributed by atoms with Crippen LogP contribution in [0, 0.1) is 11.8 Å². The predicted molar refractivity (Wildman–Crippen MR) is 131 cm³/mol. The van der Waals surface area contributed by atoms with Crippen molar-refractivity contribution in [2.75, 3.05) is 19.4 Å². The van der Waals surface area contributed by atoms with E-state index in [2.05, 4.69) is 32.4 Å². The number of imide groups is 1. The molecule has 178 valence electrons. The van der Waals surface area contributed by atoms with Crippen molar-refractivity contribution < 1.29 is 19.1 Å². The summed E-state index contributed by atoms with van der Waals surface area (Å²) in [6, 6.07) is 6.33. The molecule has 11 heteroatoms. The van der Waals surface area contributed by atoms with Crippen molar-refractivity contribution in [3.8, 4) is 28.8 Å². The van der Waals surface area contributed by atoms with Gasteiger partial charge in [0.15, 0.2) is 5.13 Å². The second-order valence-corrected chi connectivity index (χ2v) is 8.67. The van der Waals surface area contributed by atoms with Gasteiger partial charge < -0.3 is 20.7 Å². The van der Waals surface area contributed by atoms with E-state index in [1.807, 2.05) is 0 Å². The number of nitrogens with zero attached hydrogens (tertiary/aromatic N) is 3. The van der Waals surface area contributed by atoms with Crippen LogP contribution in [0.1, 0.15) is 28.9 Å². The van der Waals surface area contributed by atoms with Gasteiger partial charge in [0.25, 0.3) is 11.8 Å². The van der Waals surface area contributed by atoms with E-state index in [0.29, 0.717) is 33.3 Å². The highest BCUT2D eigenvalue weighted by atomic mass is 32.1. The van der Waals surface area contributed by atoms with Crippen molar-refractivity contribution in [1.82, 2.24) is 25.5 Å². The molecule has 2 aliphatic heterocycles. The zero-order chi connectivity index (χ0) is 23.9. The Morgan fingerprint density at radius 3 is 2.77 bits per heavy atom. The topological polar surface area (TPSA) is 140 Å². The van der Waals surface area contributed by atoms with E-state index in [-0.39, 0.29) is 26.4 Å². The first-order valence-corrected chi connectivity index (χ1v) is 11.0. The van der Waals surface area contributed by atoms with Crippen LogP contribution >= 0.6 is 11.3 Å². The van der Waals surface area contributed by atoms with E-state index in [1.54, 1.807) is 35.8 Å². The number of carbonyl (C=O) groups excluding carboxylic acids is 3. The van der Waals surface area contributed by atoms with Gasteiger partial charge in [0.05, 0.1) is 19.3 Å². The van der Waals surface area contributed by atoms with Crippen molar-refractivity contribution >= 4 is 34.3 Å². The third-order valence-electron chi connectivity index (χ3n) is 5.54. The molecule has 1 fully saturated rings. The number of nitrogens with one attached hydrogen (secondary N) is 2. The summed E-state index contributed by atoms with van der Waals surface area (Å²) < 4.78 is 5.21. The number of amides is 4. The number of fused-ring (bicyclic) bond motifs is 1. The number of urea groups is 1. The molecule has 0 unspecified atom stereocenters. The van der Waals surface area contributed by atoms with Crippen LogP contribution in [0.4, 0.5) is 9.93 Å². The number of aromatic nitrogens is 2. The van der Waals surface area contributed by atoms with Gasteiger partial charge >= 0.3 is 6.03 Å². The van der Waals surface area contributed by atoms with Crippen LogP contribution in [0.15, 0.2) is 42.0 Å². The van der Waals surface area contributed by atoms with Crippen molar-refractivity contribution in [1.29, 1.82) is 0 Å². The molecule has 1 saturated heterocycles. The number of thiazole rings is 1. The number of rotatable bonds is 4. The van der Waals surface area contributed by atoms with Crippen molar-refractivity contribution in [3.63, 3.8) is 0 Å². The average Bonchev–Trinajstić information content (AvgIpc) is 3.48. The van der Waals surface area contributed by atoms with Gasteiger partial charge in [0, 0.05) is 41.0 Å². The minimum absolute atomic E-state index is 0. The van der Waals surface area contributed by atoms with E-state index >= 15 is 0 Å². The SMILES string of the molecule is C.COc1ccc2c(c1)C(=O)N(C[C@@]1(C#Cc3cncc(-c4csc(N)n4)c3)NC(=O)NC1=O)C2. The molecule has 4 amide bonds. The smallest absolute Gasteiger partial charge is 0.323 e. The Labute approximate surface area is 205 Å². The lowest BCUT2D eigenvalue weighted by atomic mass is 9.99. The van der Waals surface area contributed by atoms with Crippen LogP contribution in [0.2, 0.25) is 0 Å². The van der Waals surface area contributed by atoms with Crippen LogP contribution in [0.25, 0.3) is 11.3 Å². The van der Waals surface area contributed by atoms with Gasteiger partial charge in [0.1, 0.15) is 5.75 Å². The molecule has 4 N–H and O–H groups in total. The number of nitrogens with two attached hydrogens (primary N) is 1. The lowest BCUT2D eigenvalue weighted by Gasteiger charge is -2.26. The maximum atomic E-state index is 13.0. The van der Waals surface area contributed by atoms with Gasteiger partial charge in [-0.15, -0.1) is 11.3 Å². The van der Waals surface area contributed by atoms with Crippen LogP contribution < -0.4 is 21.1 Å². The van der Waals surface area contributed by atoms with Gasteiger partial charge in [-0.2, -0.15) is 0 Å². The highest BCUT2D eigenvalue weighted by Gasteiger charge is 2.48. The van der Waals surface area contributed by atoms with E-state index in [0.717, 1.165) is 5.56 Å². The van der Waals surface area contributed by atoms with Crippen LogP contribution in [-0.4, -0.2) is 51.9 Å². The molecular weight excluding hydrogens is 468 g/mol. The Bertz CT molecular complexity index is 1410. The first kappa shape index (κ1) is 23.7. The summed E-state index contributed by atoms with van der Waals surface area (Å²) in [5.41, 5.74) is 7.29. The molecule has 0 bridgehead atoms. The summed E-state index contributed by atoms with van der Waals surface area (Å²) in [4.78, 5) is 47.7. The molecule has 35 heavy (non-hydrogen) atoms. The van der Waals surface area contributed by atoms with E-state index in [4.69, 9.17) is 10.5 Å². The first-order valence-electron chi connectivity index (χ1n) is 10.2. The normalized spacial score (nSPS) is 18.2. The van der Waals surface area contributed by atoms with Crippen LogP contribution in [0.3, 0.4) is 0 Å². The standard InChI is InChI=1S/C23H18N6O4S.CH4/c1-33-16-3-2-14-10-29(19(30)17(14)7-16)12-23(20(31)27-22(32)28-23)5-4-13-6-15(9-25-8-13)18-11-34-21(24)26-18;/h2-3,6-9,11H,10,12H2,1H3,(H2,24,26)(H2,27,28,31,32);1H4/t23-;/m1./s1. The molecule has 5 rings (SSSR count). The molecular formula is C24H22N6O4S. The number of anilines is 1. The van der Waals surface area contributed by atoms with Crippen molar-refractivity contribution in [2.45, 2.75) is 19.5 Å². The maximum absolute atomic E-state index is 13.0. The number of methoxy groups -OCH3 is 1. The molecule has 2 aromatic heterocycles. The summed E-state index contributed by atoms with van der Waals surface area (Å²) in [6.45, 7) is 0.163. The fourth-order valence-electron chi connectivity index (χ4n) is 3.86. The largest absolute Gasteiger partial charge is 0.497 e. The predicted octanol–water partition coefficient (Wildman–Crippen LogP) is 2.02. The van der Waals surface area contributed by atoms with Crippen molar-refractivity contribution in [3.05, 3.63) is 58.7 Å². The number of hydrogen-bond acceptors (Lipinski definition) is 8. The van der Waals surface area contributed by atoms with Gasteiger partial charge in [0.2, 0.25) is 5.54 Å². The summed E-state index contributed by atoms with van der Waals surface area (Å²) in [7, 11) is 1.52. The summed E-state index contributed by atoms with van der Waals surface area (Å²) in [5, 5.41) is 7.06. The molecule has 1 atom stereocenters. The Balaban J connectivity index is 0.00000289. The van der Waals surface area contributed by atoms with Gasteiger partial charge in [-0.05, 0) is 23.8 Å². The second kappa shape index (κ2) is 9.08. The number of nitrogen functional groups attached to an aromatic ring is 1. The molecule has 0 spiro atoms. The summed E-state index contributed by atoms with van der Waals surface area (Å²) in [5.74, 6) is 5.47. The van der Waals surface area contributed by atoms with E-state index in [9.17, 15) is 14.4 Å². The lowest BCUT2D eigenvalue weighted by Crippen LogP contribution is -2.54. The third kappa shape index (κ3) is 4.39. The fraction of sp³-hybridized carbons (Fsp3) is 0.208. The number of ether oxygens (including phenoxy) is 1. The van der Waals surface area contributed by atoms with Crippen LogP contribution in [0.5, 0.6) is 5.75 Å². The van der Waals surface area contributed by atoms with Gasteiger partial charge in [-0.25, -0.2) is 9.78 Å². The second-order valence-electron chi connectivity index (χ2n) is 7.78. The molecule has 1 aromatic carbocycles. The summed E-state index contributed by atoms with van der Waals surface area (Å²) >= 11 is 1.31. The van der Waals surface area contributed by atoms with Gasteiger partial charge in [-0.1, -0.05) is 25.3 Å². The highest BCUT2D eigenvalue weighted by Crippen LogP contribution is 2.28. The van der Waals surface area contributed by atoms with E-state index in [1.165, 1.54) is 29.5 Å². The number of pyridine rings is 1. The van der Waals surface area contributed by atoms with Crippen LogP contribution in [-0.2, 0) is 11.3 Å². The Morgan fingerprint density at radius 2 is 2.09 bits per heavy atom. The lowest BCUT2D eigenvalue weighted by molar-refractivity contribution is -0.122. The highest BCUT2D eigenvalue weighted by molar-refractivity contribution is 7.13. The Kier molecular flexibility index (Phi) is 6.15. The molecule has 2 aliphatic rings. The zero-order valence-electron chi connectivity index (χ0n) is 17.9. The van der Waals surface area contributed by atoms with Crippen molar-refractivity contribution in [2.24, 2.45) is 0 Å². The monoisotopic (exact) mass is 490 g/mol. The molecule has 0 radical (unpaired) electrons. The zero-order valence-corrected chi connectivity index (χ0v) is 18.7. The number of hydrogen-bond donors (Lipinski definition) is 3. The minimum Gasteiger partial charge on any atom is -0.497 e. The summed E-state index contributed by atoms with van der Waals surface area (Å²) in [6.07, 6.45) is 3.17. The molecule has 10 nitrogen and oxygen atoms in total. The van der Waals surface area contributed by atoms with E-state index < -0.39 is 17.5 Å². The molecule has 4 heterocycles. The molecule has 0 saturated carbocycles. The number of benzene rings is 1. The maximum Gasteiger partial charge on any atom is 0.323 e. The molecule has 0 aliphatic carbocycles.